The Balaban J connectivity index is 0.00000765. The second-order valence-corrected chi connectivity index (χ2v) is 21.1. The van der Waals surface area contributed by atoms with Crippen LogP contribution in [0, 0.1) is 19.8 Å². The van der Waals surface area contributed by atoms with Crippen molar-refractivity contribution in [3.05, 3.63) is 191 Å². The average Bonchev–Trinajstić information content (AvgIpc) is 3.82. The van der Waals surface area contributed by atoms with Gasteiger partial charge < -0.3 is 5.11 Å². The number of fused-ring (bicyclic) bond motifs is 1. The second-order valence-electron chi connectivity index (χ2n) is 21.1. The van der Waals surface area contributed by atoms with Crippen LogP contribution in [0.5, 0.6) is 5.75 Å². The Morgan fingerprint density at radius 2 is 1.25 bits per heavy atom. The molecule has 0 aliphatic rings. The minimum atomic E-state index is -2.54. The van der Waals surface area contributed by atoms with Gasteiger partial charge in [-0.15, -0.1) is 23.8 Å². The fourth-order valence-electron chi connectivity index (χ4n) is 10.5. The predicted molar refractivity (Wildman–Crippen MR) is 306 cm³/mol. The molecule has 2 aromatic heterocycles. The number of benzene rings is 7. The van der Waals surface area contributed by atoms with Crippen molar-refractivity contribution in [3.8, 4) is 78.6 Å². The molecule has 0 spiro atoms. The van der Waals surface area contributed by atoms with E-state index in [1.54, 1.807) is 0 Å². The molecule has 2 heterocycles. The molecule has 0 atom stereocenters. The Morgan fingerprint density at radius 1 is 0.616 bits per heavy atom. The quantitative estimate of drug-likeness (QED) is 0.104. The largest absolute Gasteiger partial charge is 0.507 e. The number of aromatic nitrogens is 3. The van der Waals surface area contributed by atoms with Crippen LogP contribution in [0.4, 0.5) is 0 Å². The smallest absolute Gasteiger partial charge is 0.148 e. The molecule has 0 unspecified atom stereocenters. The van der Waals surface area contributed by atoms with E-state index < -0.39 is 6.85 Å². The third-order valence-corrected chi connectivity index (χ3v) is 16.1. The fraction of sp³-hybridized carbons (Fsp3) is 0.294. The Morgan fingerprint density at radius 3 is 1.88 bits per heavy atom. The van der Waals surface area contributed by atoms with Crippen LogP contribution in [0.25, 0.3) is 83.9 Å². The van der Waals surface area contributed by atoms with E-state index in [1.807, 2.05) is 65.4 Å². The number of para-hydroxylation sites is 1. The molecular weight excluding hydrogens is 1070 g/mol. The predicted octanol–water partition coefficient (Wildman–Crippen LogP) is 18.9. The van der Waals surface area contributed by atoms with Gasteiger partial charge in [0.2, 0.25) is 0 Å². The van der Waals surface area contributed by atoms with Gasteiger partial charge in [-0.2, -0.15) is 0 Å². The van der Waals surface area contributed by atoms with Crippen molar-refractivity contribution in [1.29, 1.82) is 0 Å². The molecule has 376 valence electrons. The van der Waals surface area contributed by atoms with Crippen LogP contribution in [0.3, 0.4) is 0 Å². The normalized spacial score (nSPS) is 12.8. The summed E-state index contributed by atoms with van der Waals surface area (Å²) in [5.41, 5.74) is 17.3. The van der Waals surface area contributed by atoms with Crippen LogP contribution in [0.2, 0.25) is 0 Å². The molecule has 9 aromatic rings. The van der Waals surface area contributed by atoms with E-state index in [0.717, 1.165) is 92.6 Å². The summed E-state index contributed by atoms with van der Waals surface area (Å²) in [6, 6.07) is 54.1. The third-order valence-electron chi connectivity index (χ3n) is 16.1. The van der Waals surface area contributed by atoms with Crippen molar-refractivity contribution in [2.75, 3.05) is 0 Å². The molecule has 4 nitrogen and oxygen atoms in total. The van der Waals surface area contributed by atoms with Gasteiger partial charge in [-0.05, 0) is 148 Å². The Kier molecular flexibility index (Phi) is 14.5. The van der Waals surface area contributed by atoms with Crippen LogP contribution in [0.1, 0.15) is 144 Å². The molecule has 0 radical (unpaired) electrons. The standard InChI is InChI=1S/C68H72N3O.Pt/c1-13-67(11,14-2)58-25-21-26-59(68(12,15-3)16-4)63(58)50-32-33-61(46(10)36-50)71-62-27-20-24-55(64(62)70-66(71)57-41-51(43(5)6)40-56(44(7)8)65(57)72)53-37-52(47-22-18-17-19-23-47)38-54(39-53)60-42-49(34-35-69-60)48-30-28-45(9)29-31-48;/h17-38,40-44,72H,13-16H2,1-12H3;/q-1;/i10D3;. The first-order chi connectivity index (χ1) is 35.8. The Bertz CT molecular complexity index is 3490. The number of phenolic OH excluding ortho intramolecular Hbond substituents is 1. The van der Waals surface area contributed by atoms with Gasteiger partial charge in [0.25, 0.3) is 0 Å². The maximum absolute atomic E-state index is 12.5. The second kappa shape index (κ2) is 21.6. The van der Waals surface area contributed by atoms with Crippen molar-refractivity contribution >= 4 is 11.0 Å². The Hall–Kier alpha value is -6.35. The number of nitrogens with zero attached hydrogens (tertiary/aromatic N) is 3. The number of pyridine rings is 1. The minimum Gasteiger partial charge on any atom is -0.507 e. The maximum atomic E-state index is 12.5. The van der Waals surface area contributed by atoms with Gasteiger partial charge in [0.15, 0.2) is 0 Å². The van der Waals surface area contributed by atoms with Gasteiger partial charge in [-0.25, -0.2) is 4.98 Å². The van der Waals surface area contributed by atoms with Crippen LogP contribution in [0.15, 0.2) is 152 Å². The molecule has 1 N–H and O–H groups in total. The number of aryl methyl sites for hydroxylation is 2. The number of rotatable bonds is 15. The summed E-state index contributed by atoms with van der Waals surface area (Å²) in [6.45, 7) is 21.7. The SMILES string of the molecule is [2H]C([2H])([2H])c1cc(-c2c(C(C)(CC)CC)cccc2C(C)(CC)CC)ccc1-n1c(-c2cc(C(C)C)cc(C(C)C)c2O)nc2c(-c3[c-]c(-c4cc(-c5ccc(C)cc5)ccn4)cc(-c4ccccc4)c3)cccc21.[Pt]. The average molecular weight is 1150 g/mol. The molecule has 0 saturated heterocycles. The first kappa shape index (κ1) is 48.9. The monoisotopic (exact) mass is 1140 g/mol. The number of imidazole rings is 1. The molecule has 9 rings (SSSR count). The molecule has 0 saturated carbocycles. The zero-order valence-electron chi connectivity index (χ0n) is 47.5. The van der Waals surface area contributed by atoms with Crippen molar-refractivity contribution in [3.63, 3.8) is 0 Å². The number of hydrogen-bond acceptors (Lipinski definition) is 3. The Labute approximate surface area is 454 Å². The van der Waals surface area contributed by atoms with Crippen LogP contribution in [-0.2, 0) is 31.9 Å². The summed E-state index contributed by atoms with van der Waals surface area (Å²) in [4.78, 5) is 10.5. The van der Waals surface area contributed by atoms with E-state index in [1.165, 1.54) is 16.7 Å². The molecule has 73 heavy (non-hydrogen) atoms. The van der Waals surface area contributed by atoms with Crippen LogP contribution in [-0.4, -0.2) is 19.6 Å². The van der Waals surface area contributed by atoms with E-state index in [0.29, 0.717) is 28.1 Å². The molecular formula is C68H72N3OPt-. The summed E-state index contributed by atoms with van der Waals surface area (Å²) >= 11 is 0. The number of aromatic hydroxyl groups is 1. The summed E-state index contributed by atoms with van der Waals surface area (Å²) < 4.78 is 30.1. The maximum Gasteiger partial charge on any atom is 0.148 e. The van der Waals surface area contributed by atoms with Gasteiger partial charge >= 0.3 is 0 Å². The number of phenols is 1. The van der Waals surface area contributed by atoms with E-state index in [2.05, 4.69) is 173 Å². The van der Waals surface area contributed by atoms with E-state index in [-0.39, 0.29) is 55.0 Å². The summed E-state index contributed by atoms with van der Waals surface area (Å²) in [5.74, 6) is 0.736. The minimum absolute atomic E-state index is 0. The first-order valence-corrected chi connectivity index (χ1v) is 26.2. The van der Waals surface area contributed by atoms with Gasteiger partial charge in [0.05, 0.1) is 22.3 Å². The molecule has 5 heteroatoms. The molecule has 0 fully saturated rings. The molecule has 0 bridgehead atoms. The fourth-order valence-corrected chi connectivity index (χ4v) is 10.5. The van der Waals surface area contributed by atoms with Crippen LogP contribution >= 0.6 is 0 Å². The zero-order valence-corrected chi connectivity index (χ0v) is 46.8. The number of hydrogen-bond donors (Lipinski definition) is 1. The molecule has 0 aliphatic carbocycles. The van der Waals surface area contributed by atoms with Gasteiger partial charge in [-0.1, -0.05) is 195 Å². The van der Waals surface area contributed by atoms with Crippen molar-refractivity contribution in [2.24, 2.45) is 0 Å². The topological polar surface area (TPSA) is 50.9 Å². The summed E-state index contributed by atoms with van der Waals surface area (Å²) in [7, 11) is 0. The van der Waals surface area contributed by atoms with E-state index in [9.17, 15) is 9.22 Å². The molecule has 0 amide bonds. The van der Waals surface area contributed by atoms with Gasteiger partial charge in [0.1, 0.15) is 11.6 Å². The van der Waals surface area contributed by atoms with E-state index in [4.69, 9.17) is 9.97 Å². The van der Waals surface area contributed by atoms with Crippen molar-refractivity contribution < 1.29 is 30.3 Å². The summed E-state index contributed by atoms with van der Waals surface area (Å²) in [5, 5.41) is 12.5. The van der Waals surface area contributed by atoms with Crippen molar-refractivity contribution in [1.82, 2.24) is 14.5 Å². The first-order valence-electron chi connectivity index (χ1n) is 27.7. The zero-order chi connectivity index (χ0) is 53.6. The summed E-state index contributed by atoms with van der Waals surface area (Å²) in [6.07, 6.45) is 5.61. The molecule has 0 aliphatic heterocycles. The van der Waals surface area contributed by atoms with E-state index >= 15 is 0 Å². The van der Waals surface area contributed by atoms with Gasteiger partial charge in [0, 0.05) is 37.1 Å². The van der Waals surface area contributed by atoms with Crippen LogP contribution < -0.4 is 0 Å². The van der Waals surface area contributed by atoms with Gasteiger partial charge in [-0.3, -0.25) is 9.55 Å². The molecule has 7 aromatic carbocycles. The third kappa shape index (κ3) is 10.1. The van der Waals surface area contributed by atoms with Crippen molar-refractivity contribution in [2.45, 2.75) is 131 Å².